The lowest BCUT2D eigenvalue weighted by Gasteiger charge is -2.11. The van der Waals surface area contributed by atoms with Gasteiger partial charge in [0.15, 0.2) is 0 Å². The van der Waals surface area contributed by atoms with Gasteiger partial charge in [-0.1, -0.05) is 50.8 Å². The first kappa shape index (κ1) is 13.9. The van der Waals surface area contributed by atoms with Gasteiger partial charge in [0.05, 0.1) is 6.61 Å². The van der Waals surface area contributed by atoms with E-state index in [0.29, 0.717) is 6.61 Å². The van der Waals surface area contributed by atoms with E-state index in [-0.39, 0.29) is 12.0 Å². The molecule has 0 saturated heterocycles. The highest BCUT2D eigenvalue weighted by Crippen LogP contribution is 2.25. The van der Waals surface area contributed by atoms with Crippen LogP contribution < -0.4 is 5.32 Å². The molecule has 3 heteroatoms. The highest BCUT2D eigenvalue weighted by Gasteiger charge is 2.27. The average Bonchev–Trinajstić information content (AvgIpc) is 2.86. The molecule has 0 amide bonds. The van der Waals surface area contributed by atoms with Crippen molar-refractivity contribution in [2.24, 2.45) is 0 Å². The summed E-state index contributed by atoms with van der Waals surface area (Å²) in [6.45, 7) is 2.75. The molecule has 2 rings (SSSR count). The van der Waals surface area contributed by atoms with E-state index in [2.05, 4.69) is 18.3 Å². The number of unbranched alkanes of at least 4 members (excludes halogenated alkanes) is 4. The summed E-state index contributed by atoms with van der Waals surface area (Å²) in [4.78, 5) is 11.9. The van der Waals surface area contributed by atoms with Gasteiger partial charge in [0, 0.05) is 12.1 Å². The van der Waals surface area contributed by atoms with Crippen LogP contribution in [0.1, 0.15) is 44.6 Å². The van der Waals surface area contributed by atoms with Crippen molar-refractivity contribution in [3.8, 4) is 0 Å². The molecule has 1 N–H and O–H groups in total. The average molecular weight is 261 g/mol. The molecule has 1 aliphatic rings. The van der Waals surface area contributed by atoms with Crippen LogP contribution in [-0.2, 0) is 16.0 Å². The predicted molar refractivity (Wildman–Crippen MR) is 77.3 cm³/mol. The van der Waals surface area contributed by atoms with Crippen molar-refractivity contribution in [3.05, 3.63) is 29.8 Å². The van der Waals surface area contributed by atoms with Crippen LogP contribution in [0.4, 0.5) is 5.69 Å². The molecule has 1 aromatic carbocycles. The molecule has 1 aromatic rings. The molecule has 19 heavy (non-hydrogen) atoms. The van der Waals surface area contributed by atoms with Crippen molar-refractivity contribution in [1.82, 2.24) is 0 Å². The Labute approximate surface area is 115 Å². The SMILES string of the molecule is CCCCCCCOC(=O)C1Cc2ccccc2N1. The number of carbonyl (C=O) groups is 1. The molecule has 0 aromatic heterocycles. The van der Waals surface area contributed by atoms with Gasteiger partial charge in [-0.05, 0) is 18.1 Å². The molecular formula is C16H23NO2. The summed E-state index contributed by atoms with van der Waals surface area (Å²) in [5, 5.41) is 3.22. The monoisotopic (exact) mass is 261 g/mol. The van der Waals surface area contributed by atoms with Crippen molar-refractivity contribution < 1.29 is 9.53 Å². The van der Waals surface area contributed by atoms with Gasteiger partial charge >= 0.3 is 5.97 Å². The van der Waals surface area contributed by atoms with E-state index in [0.717, 1.165) is 24.9 Å². The second kappa shape index (κ2) is 7.17. The summed E-state index contributed by atoms with van der Waals surface area (Å²) in [5.41, 5.74) is 2.26. The number of anilines is 1. The van der Waals surface area contributed by atoms with Gasteiger partial charge in [0.2, 0.25) is 0 Å². The molecular weight excluding hydrogens is 238 g/mol. The maximum Gasteiger partial charge on any atom is 0.328 e. The number of carbonyl (C=O) groups excluding carboxylic acids is 1. The Balaban J connectivity index is 1.66. The fraction of sp³-hybridized carbons (Fsp3) is 0.562. The van der Waals surface area contributed by atoms with Gasteiger partial charge in [-0.3, -0.25) is 0 Å². The molecule has 3 nitrogen and oxygen atoms in total. The number of hydrogen-bond donors (Lipinski definition) is 1. The maximum atomic E-state index is 11.9. The van der Waals surface area contributed by atoms with Crippen molar-refractivity contribution in [2.75, 3.05) is 11.9 Å². The van der Waals surface area contributed by atoms with Gasteiger partial charge < -0.3 is 10.1 Å². The molecule has 1 unspecified atom stereocenters. The molecule has 0 spiro atoms. The molecule has 0 bridgehead atoms. The number of esters is 1. The van der Waals surface area contributed by atoms with Gasteiger partial charge in [0.25, 0.3) is 0 Å². The van der Waals surface area contributed by atoms with E-state index in [4.69, 9.17) is 4.74 Å². The lowest BCUT2D eigenvalue weighted by Crippen LogP contribution is -2.29. The van der Waals surface area contributed by atoms with Gasteiger partial charge in [-0.2, -0.15) is 0 Å². The van der Waals surface area contributed by atoms with Crippen molar-refractivity contribution in [3.63, 3.8) is 0 Å². The van der Waals surface area contributed by atoms with E-state index >= 15 is 0 Å². The third kappa shape index (κ3) is 3.98. The van der Waals surface area contributed by atoms with Crippen LogP contribution in [0.25, 0.3) is 0 Å². The zero-order chi connectivity index (χ0) is 13.5. The second-order valence-corrected chi connectivity index (χ2v) is 5.14. The Bertz CT molecular complexity index is 392. The highest BCUT2D eigenvalue weighted by molar-refractivity contribution is 5.82. The van der Waals surface area contributed by atoms with E-state index in [1.54, 1.807) is 0 Å². The quantitative estimate of drug-likeness (QED) is 0.602. The van der Waals surface area contributed by atoms with Crippen LogP contribution >= 0.6 is 0 Å². The Morgan fingerprint density at radius 1 is 1.26 bits per heavy atom. The minimum absolute atomic E-state index is 0.119. The zero-order valence-corrected chi connectivity index (χ0v) is 11.7. The summed E-state index contributed by atoms with van der Waals surface area (Å²) in [6.07, 6.45) is 6.62. The predicted octanol–water partition coefficient (Wildman–Crippen LogP) is 3.54. The van der Waals surface area contributed by atoms with Gasteiger partial charge in [0.1, 0.15) is 6.04 Å². The second-order valence-electron chi connectivity index (χ2n) is 5.14. The number of hydrogen-bond acceptors (Lipinski definition) is 3. The largest absolute Gasteiger partial charge is 0.464 e. The molecule has 1 aliphatic heterocycles. The Morgan fingerprint density at radius 3 is 2.84 bits per heavy atom. The van der Waals surface area contributed by atoms with E-state index in [1.165, 1.54) is 24.8 Å². The maximum absolute atomic E-state index is 11.9. The normalized spacial score (nSPS) is 16.8. The lowest BCUT2D eigenvalue weighted by atomic mass is 10.1. The number of rotatable bonds is 7. The summed E-state index contributed by atoms with van der Waals surface area (Å²) in [7, 11) is 0. The van der Waals surface area contributed by atoms with E-state index in [9.17, 15) is 4.79 Å². The first-order valence-electron chi connectivity index (χ1n) is 7.32. The number of fused-ring (bicyclic) bond motifs is 1. The number of nitrogens with one attached hydrogen (secondary N) is 1. The van der Waals surface area contributed by atoms with Crippen LogP contribution in [0, 0.1) is 0 Å². The topological polar surface area (TPSA) is 38.3 Å². The van der Waals surface area contributed by atoms with E-state index in [1.807, 2.05) is 18.2 Å². The molecule has 0 fully saturated rings. The molecule has 104 valence electrons. The van der Waals surface area contributed by atoms with Crippen molar-refractivity contribution >= 4 is 11.7 Å². The highest BCUT2D eigenvalue weighted by atomic mass is 16.5. The number of ether oxygens (including phenoxy) is 1. The Kier molecular flexibility index (Phi) is 5.25. The standard InChI is InChI=1S/C16H23NO2/c1-2-3-4-5-8-11-19-16(18)15-12-13-9-6-7-10-14(13)17-15/h6-7,9-10,15,17H,2-5,8,11-12H2,1H3. The van der Waals surface area contributed by atoms with Crippen molar-refractivity contribution in [1.29, 1.82) is 0 Å². The summed E-state index contributed by atoms with van der Waals surface area (Å²) >= 11 is 0. The molecule has 0 aliphatic carbocycles. The smallest absolute Gasteiger partial charge is 0.328 e. The number of benzene rings is 1. The van der Waals surface area contributed by atoms with Crippen LogP contribution in [0.5, 0.6) is 0 Å². The minimum Gasteiger partial charge on any atom is -0.464 e. The van der Waals surface area contributed by atoms with Crippen LogP contribution in [-0.4, -0.2) is 18.6 Å². The summed E-state index contributed by atoms with van der Waals surface area (Å²) in [6, 6.07) is 7.84. The number of para-hydroxylation sites is 1. The molecule has 1 heterocycles. The Morgan fingerprint density at radius 2 is 2.05 bits per heavy atom. The zero-order valence-electron chi connectivity index (χ0n) is 11.7. The molecule has 0 radical (unpaired) electrons. The summed E-state index contributed by atoms with van der Waals surface area (Å²) < 4.78 is 5.34. The minimum atomic E-state index is -0.201. The van der Waals surface area contributed by atoms with Crippen LogP contribution in [0.3, 0.4) is 0 Å². The fourth-order valence-corrected chi connectivity index (χ4v) is 2.42. The lowest BCUT2D eigenvalue weighted by molar-refractivity contribution is -0.144. The molecule has 1 atom stereocenters. The first-order chi connectivity index (χ1) is 9.31. The van der Waals surface area contributed by atoms with E-state index < -0.39 is 0 Å². The van der Waals surface area contributed by atoms with Crippen LogP contribution in [0.2, 0.25) is 0 Å². The van der Waals surface area contributed by atoms with Gasteiger partial charge in [-0.15, -0.1) is 0 Å². The first-order valence-corrected chi connectivity index (χ1v) is 7.32. The third-order valence-corrected chi connectivity index (χ3v) is 3.55. The Hall–Kier alpha value is -1.51. The van der Waals surface area contributed by atoms with Crippen molar-refractivity contribution in [2.45, 2.75) is 51.5 Å². The van der Waals surface area contributed by atoms with Crippen LogP contribution in [0.15, 0.2) is 24.3 Å². The third-order valence-electron chi connectivity index (χ3n) is 3.55. The molecule has 0 saturated carbocycles. The fourth-order valence-electron chi connectivity index (χ4n) is 2.42. The summed E-state index contributed by atoms with van der Waals surface area (Å²) in [5.74, 6) is -0.119. The van der Waals surface area contributed by atoms with Gasteiger partial charge in [-0.25, -0.2) is 4.79 Å².